The highest BCUT2D eigenvalue weighted by Gasteiger charge is 2.21. The molecule has 0 unspecified atom stereocenters. The number of aliphatic hydroxyl groups is 1. The molecule has 1 aliphatic rings. The molecule has 2 heterocycles. The number of hydroxylamine groups is 2. The lowest BCUT2D eigenvalue weighted by molar-refractivity contribution is -0.117. The second-order valence-electron chi connectivity index (χ2n) is 3.15. The molecular formula is C8H12N2O2S. The Morgan fingerprint density at radius 3 is 3.23 bits per heavy atom. The molecule has 2 rings (SSSR count). The largest absolute Gasteiger partial charge is 0.389 e. The van der Waals surface area contributed by atoms with Crippen molar-refractivity contribution in [3.63, 3.8) is 0 Å². The van der Waals surface area contributed by atoms with Gasteiger partial charge in [0.15, 0.2) is 0 Å². The number of hydrogen-bond donors (Lipinski definition) is 1. The zero-order valence-corrected chi connectivity index (χ0v) is 8.25. The van der Waals surface area contributed by atoms with Crippen LogP contribution in [-0.2, 0) is 11.4 Å². The molecule has 72 valence electrons. The average Bonchev–Trinajstić information content (AvgIpc) is 2.62. The van der Waals surface area contributed by atoms with Crippen LogP contribution in [0.4, 0.5) is 0 Å². The summed E-state index contributed by atoms with van der Waals surface area (Å²) in [6.45, 7) is 3.64. The first-order chi connectivity index (χ1) is 6.24. The van der Waals surface area contributed by atoms with Gasteiger partial charge in [-0.1, -0.05) is 0 Å². The number of nitrogens with zero attached hydrogens (tertiary/aromatic N) is 2. The smallest absolute Gasteiger partial charge is 0.109 e. The van der Waals surface area contributed by atoms with E-state index >= 15 is 0 Å². The summed E-state index contributed by atoms with van der Waals surface area (Å²) in [5, 5.41) is 14.0. The highest BCUT2D eigenvalue weighted by molar-refractivity contribution is 7.09. The molecule has 1 saturated heterocycles. The number of β-amino-alcohol motifs (C(OH)–C–C–N with tert-alkyl or cyclic N) is 1. The van der Waals surface area contributed by atoms with Gasteiger partial charge in [-0.3, -0.25) is 4.84 Å². The van der Waals surface area contributed by atoms with Crippen molar-refractivity contribution < 1.29 is 9.94 Å². The second-order valence-corrected chi connectivity index (χ2v) is 4.10. The molecule has 0 aliphatic carbocycles. The van der Waals surface area contributed by atoms with Gasteiger partial charge in [0.2, 0.25) is 0 Å². The second kappa shape index (κ2) is 3.71. The molecule has 1 fully saturated rings. The summed E-state index contributed by atoms with van der Waals surface area (Å²) in [4.78, 5) is 9.54. The van der Waals surface area contributed by atoms with Gasteiger partial charge in [0.25, 0.3) is 0 Å². The summed E-state index contributed by atoms with van der Waals surface area (Å²) in [7, 11) is 0. The van der Waals surface area contributed by atoms with Crippen molar-refractivity contribution in [2.75, 3.05) is 13.2 Å². The average molecular weight is 200 g/mol. The zero-order chi connectivity index (χ0) is 9.26. The Bertz CT molecular complexity index is 289. The maximum absolute atomic E-state index is 9.20. The topological polar surface area (TPSA) is 45.6 Å². The highest BCUT2D eigenvalue weighted by atomic mass is 32.1. The standard InChI is InChI=1S/C8H12N2O2S/c1-6-5-13-8(9-6)3-10-2-7(11)4-12-10/h5,7,11H,2-4H2,1H3/t7-/m0/s1. The maximum Gasteiger partial charge on any atom is 0.109 e. The van der Waals surface area contributed by atoms with E-state index in [1.165, 1.54) is 0 Å². The Morgan fingerprint density at radius 1 is 1.85 bits per heavy atom. The van der Waals surface area contributed by atoms with Crippen LogP contribution in [0.2, 0.25) is 0 Å². The van der Waals surface area contributed by atoms with E-state index in [9.17, 15) is 5.11 Å². The molecule has 0 bridgehead atoms. The molecule has 5 heteroatoms. The zero-order valence-electron chi connectivity index (χ0n) is 7.43. The van der Waals surface area contributed by atoms with Crippen LogP contribution < -0.4 is 0 Å². The summed E-state index contributed by atoms with van der Waals surface area (Å²) in [5.74, 6) is 0. The molecule has 1 N–H and O–H groups in total. The molecule has 1 aliphatic heterocycles. The lowest BCUT2D eigenvalue weighted by atomic mass is 10.4. The number of aliphatic hydroxyl groups excluding tert-OH is 1. The first-order valence-corrected chi connectivity index (χ1v) is 5.09. The Kier molecular flexibility index (Phi) is 2.59. The Hall–Kier alpha value is -0.490. The Morgan fingerprint density at radius 2 is 2.69 bits per heavy atom. The highest BCUT2D eigenvalue weighted by Crippen LogP contribution is 2.14. The first kappa shape index (κ1) is 9.08. The van der Waals surface area contributed by atoms with Crippen LogP contribution in [0.1, 0.15) is 10.7 Å². The normalized spacial score (nSPS) is 24.0. The third-order valence-corrected chi connectivity index (χ3v) is 2.79. The van der Waals surface area contributed by atoms with Gasteiger partial charge in [0.05, 0.1) is 25.8 Å². The summed E-state index contributed by atoms with van der Waals surface area (Å²) in [6, 6.07) is 0. The molecule has 13 heavy (non-hydrogen) atoms. The van der Waals surface area contributed by atoms with Gasteiger partial charge < -0.3 is 5.11 Å². The van der Waals surface area contributed by atoms with Crippen molar-refractivity contribution in [1.29, 1.82) is 0 Å². The van der Waals surface area contributed by atoms with Crippen LogP contribution in [0.3, 0.4) is 0 Å². The quantitative estimate of drug-likeness (QED) is 0.757. The van der Waals surface area contributed by atoms with Gasteiger partial charge in [0.1, 0.15) is 5.01 Å². The Balaban J connectivity index is 1.91. The molecule has 0 aromatic carbocycles. The van der Waals surface area contributed by atoms with Gasteiger partial charge in [-0.25, -0.2) is 4.98 Å². The monoisotopic (exact) mass is 200 g/mol. The van der Waals surface area contributed by atoms with E-state index in [1.807, 2.05) is 12.3 Å². The molecule has 0 radical (unpaired) electrons. The third kappa shape index (κ3) is 2.25. The van der Waals surface area contributed by atoms with Crippen molar-refractivity contribution in [3.8, 4) is 0 Å². The van der Waals surface area contributed by atoms with Gasteiger partial charge in [-0.05, 0) is 6.92 Å². The lowest BCUT2D eigenvalue weighted by Crippen LogP contribution is -2.20. The fourth-order valence-corrected chi connectivity index (χ4v) is 2.04. The molecule has 1 aromatic rings. The fourth-order valence-electron chi connectivity index (χ4n) is 1.27. The third-order valence-electron chi connectivity index (χ3n) is 1.84. The molecular weight excluding hydrogens is 188 g/mol. The van der Waals surface area contributed by atoms with Crippen LogP contribution in [0.25, 0.3) is 0 Å². The number of aromatic nitrogens is 1. The number of rotatable bonds is 2. The molecule has 4 nitrogen and oxygen atoms in total. The van der Waals surface area contributed by atoms with Crippen LogP contribution in [0.5, 0.6) is 0 Å². The number of aryl methyl sites for hydroxylation is 1. The molecule has 1 aromatic heterocycles. The summed E-state index contributed by atoms with van der Waals surface area (Å²) in [5.41, 5.74) is 1.04. The van der Waals surface area contributed by atoms with Crippen LogP contribution in [0, 0.1) is 6.92 Å². The van der Waals surface area contributed by atoms with E-state index in [4.69, 9.17) is 4.84 Å². The molecule has 0 amide bonds. The molecule has 1 atom stereocenters. The number of hydrogen-bond acceptors (Lipinski definition) is 5. The van der Waals surface area contributed by atoms with E-state index < -0.39 is 0 Å². The predicted molar refractivity (Wildman–Crippen MR) is 49.2 cm³/mol. The van der Waals surface area contributed by atoms with Crippen molar-refractivity contribution in [2.24, 2.45) is 0 Å². The lowest BCUT2D eigenvalue weighted by Gasteiger charge is -2.10. The summed E-state index contributed by atoms with van der Waals surface area (Å²) in [6.07, 6.45) is -0.346. The van der Waals surface area contributed by atoms with Gasteiger partial charge in [0, 0.05) is 11.1 Å². The SMILES string of the molecule is Cc1csc(CN2C[C@H](O)CO2)n1. The minimum absolute atomic E-state index is 0.346. The van der Waals surface area contributed by atoms with E-state index in [1.54, 1.807) is 16.4 Å². The van der Waals surface area contributed by atoms with Gasteiger partial charge in [-0.2, -0.15) is 5.06 Å². The minimum atomic E-state index is -0.346. The van der Waals surface area contributed by atoms with Crippen LogP contribution in [0.15, 0.2) is 5.38 Å². The van der Waals surface area contributed by atoms with E-state index in [0.29, 0.717) is 19.7 Å². The van der Waals surface area contributed by atoms with Crippen molar-refractivity contribution >= 4 is 11.3 Å². The number of thiazole rings is 1. The van der Waals surface area contributed by atoms with Crippen LogP contribution >= 0.6 is 11.3 Å². The fraction of sp³-hybridized carbons (Fsp3) is 0.625. The van der Waals surface area contributed by atoms with Crippen molar-refractivity contribution in [1.82, 2.24) is 10.0 Å². The molecule has 0 spiro atoms. The molecule has 0 saturated carbocycles. The van der Waals surface area contributed by atoms with Crippen molar-refractivity contribution in [3.05, 3.63) is 16.1 Å². The van der Waals surface area contributed by atoms with E-state index in [2.05, 4.69) is 4.98 Å². The first-order valence-electron chi connectivity index (χ1n) is 4.21. The summed E-state index contributed by atoms with van der Waals surface area (Å²) >= 11 is 1.62. The van der Waals surface area contributed by atoms with E-state index in [0.717, 1.165) is 10.7 Å². The van der Waals surface area contributed by atoms with E-state index in [-0.39, 0.29) is 6.10 Å². The Labute approximate surface area is 80.7 Å². The minimum Gasteiger partial charge on any atom is -0.389 e. The van der Waals surface area contributed by atoms with Crippen molar-refractivity contribution in [2.45, 2.75) is 19.6 Å². The van der Waals surface area contributed by atoms with Gasteiger partial charge in [-0.15, -0.1) is 11.3 Å². The maximum atomic E-state index is 9.20. The predicted octanol–water partition coefficient (Wildman–Crippen LogP) is 0.560. The summed E-state index contributed by atoms with van der Waals surface area (Å²) < 4.78 is 0. The van der Waals surface area contributed by atoms with Gasteiger partial charge >= 0.3 is 0 Å². The van der Waals surface area contributed by atoms with Crippen LogP contribution in [-0.4, -0.2) is 34.4 Å².